The molecule has 0 unspecified atom stereocenters. The fourth-order valence-corrected chi connectivity index (χ4v) is 2.62. The van der Waals surface area contributed by atoms with Crippen molar-refractivity contribution < 1.29 is 18.3 Å². The summed E-state index contributed by atoms with van der Waals surface area (Å²) in [6, 6.07) is 15.8. The van der Waals surface area contributed by atoms with Crippen LogP contribution in [0.3, 0.4) is 0 Å². The van der Waals surface area contributed by atoms with Gasteiger partial charge in [-0.3, -0.25) is 0 Å². The topological polar surface area (TPSA) is 51.5 Å². The first-order valence-corrected chi connectivity index (χ1v) is 7.86. The first kappa shape index (κ1) is 16.8. The Balaban J connectivity index is 1.75. The van der Waals surface area contributed by atoms with Gasteiger partial charge in [-0.15, -0.1) is 0 Å². The molecule has 0 amide bonds. The third-order valence-corrected chi connectivity index (χ3v) is 3.99. The summed E-state index contributed by atoms with van der Waals surface area (Å²) in [7, 11) is 1.32. The van der Waals surface area contributed by atoms with Crippen LogP contribution < -0.4 is 5.32 Å². The monoisotopic (exact) mass is 339 g/mol. The predicted octanol–water partition coefficient (Wildman–Crippen LogP) is 5.05. The third-order valence-electron chi connectivity index (χ3n) is 3.99. The van der Waals surface area contributed by atoms with Gasteiger partial charge in [-0.2, -0.15) is 0 Å². The van der Waals surface area contributed by atoms with Crippen LogP contribution in [0.15, 0.2) is 65.3 Å². The maximum Gasteiger partial charge on any atom is 0.374 e. The first-order valence-electron chi connectivity index (χ1n) is 7.86. The van der Waals surface area contributed by atoms with E-state index in [1.807, 2.05) is 31.2 Å². The van der Waals surface area contributed by atoms with Crippen molar-refractivity contribution in [2.24, 2.45) is 0 Å². The number of anilines is 1. The van der Waals surface area contributed by atoms with Crippen LogP contribution in [0.5, 0.6) is 0 Å². The van der Waals surface area contributed by atoms with Crippen LogP contribution >= 0.6 is 0 Å². The van der Waals surface area contributed by atoms with E-state index in [9.17, 15) is 9.18 Å². The van der Waals surface area contributed by atoms with Crippen molar-refractivity contribution in [3.05, 3.63) is 78.0 Å². The molecule has 2 aromatic carbocycles. The molecule has 0 spiro atoms. The third kappa shape index (κ3) is 3.71. The van der Waals surface area contributed by atoms with Gasteiger partial charge in [0.15, 0.2) is 0 Å². The molecule has 128 valence electrons. The summed E-state index contributed by atoms with van der Waals surface area (Å²) in [6.45, 7) is 2.01. The van der Waals surface area contributed by atoms with E-state index in [1.165, 1.54) is 25.5 Å². The van der Waals surface area contributed by atoms with E-state index < -0.39 is 5.97 Å². The fourth-order valence-electron chi connectivity index (χ4n) is 2.62. The number of carbonyl (C=O) groups excluding carboxylic acids is 1. The zero-order chi connectivity index (χ0) is 17.8. The average molecular weight is 339 g/mol. The summed E-state index contributed by atoms with van der Waals surface area (Å²) in [5, 5.41) is 3.36. The van der Waals surface area contributed by atoms with Gasteiger partial charge in [-0.25, -0.2) is 9.18 Å². The maximum absolute atomic E-state index is 13.0. The Morgan fingerprint density at radius 2 is 1.76 bits per heavy atom. The zero-order valence-electron chi connectivity index (χ0n) is 14.0. The highest BCUT2D eigenvalue weighted by Gasteiger charge is 2.17. The second-order valence-electron chi connectivity index (χ2n) is 5.65. The highest BCUT2D eigenvalue weighted by molar-refractivity contribution is 5.94. The van der Waals surface area contributed by atoms with E-state index in [1.54, 1.807) is 18.2 Å². The van der Waals surface area contributed by atoms with E-state index in [-0.39, 0.29) is 17.6 Å². The molecule has 0 aliphatic rings. The van der Waals surface area contributed by atoms with Crippen molar-refractivity contribution in [2.45, 2.75) is 13.0 Å². The van der Waals surface area contributed by atoms with Crippen LogP contribution in [0, 0.1) is 5.82 Å². The molecule has 0 fully saturated rings. The molecular formula is C20H18FNO3. The summed E-state index contributed by atoms with van der Waals surface area (Å²) < 4.78 is 22.9. The van der Waals surface area contributed by atoms with E-state index in [4.69, 9.17) is 9.15 Å². The van der Waals surface area contributed by atoms with Gasteiger partial charge in [0.1, 0.15) is 5.82 Å². The standard InChI is InChI=1S/C20H18FNO3/c1-13(14-3-7-16(21)8-4-14)22-17-9-5-15(6-10-17)18-11-12-25-19(18)20(23)24-2/h3-13,22H,1-2H3/t13-/m0/s1. The van der Waals surface area contributed by atoms with Crippen molar-refractivity contribution in [2.75, 3.05) is 12.4 Å². The molecule has 25 heavy (non-hydrogen) atoms. The molecule has 0 bridgehead atoms. The fraction of sp³-hybridized carbons (Fsp3) is 0.150. The van der Waals surface area contributed by atoms with Gasteiger partial charge in [-0.1, -0.05) is 24.3 Å². The van der Waals surface area contributed by atoms with Gasteiger partial charge in [0, 0.05) is 17.3 Å². The van der Waals surface area contributed by atoms with Crippen molar-refractivity contribution in [1.29, 1.82) is 0 Å². The van der Waals surface area contributed by atoms with Crippen LogP contribution in [0.2, 0.25) is 0 Å². The lowest BCUT2D eigenvalue weighted by Crippen LogP contribution is -2.06. The lowest BCUT2D eigenvalue weighted by molar-refractivity contribution is 0.0566. The minimum Gasteiger partial charge on any atom is -0.463 e. The van der Waals surface area contributed by atoms with E-state index in [2.05, 4.69) is 5.32 Å². The number of nitrogens with one attached hydrogen (secondary N) is 1. The van der Waals surface area contributed by atoms with Crippen LogP contribution in [-0.4, -0.2) is 13.1 Å². The number of halogens is 1. The summed E-state index contributed by atoms with van der Waals surface area (Å²) >= 11 is 0. The average Bonchev–Trinajstić information content (AvgIpc) is 3.12. The van der Waals surface area contributed by atoms with Gasteiger partial charge in [0.2, 0.25) is 5.76 Å². The van der Waals surface area contributed by atoms with Gasteiger partial charge in [0.25, 0.3) is 0 Å². The number of rotatable bonds is 5. The molecule has 4 nitrogen and oxygen atoms in total. The summed E-state index contributed by atoms with van der Waals surface area (Å²) in [5.74, 6) is -0.572. The Labute approximate surface area is 145 Å². The Morgan fingerprint density at radius 1 is 1.08 bits per heavy atom. The SMILES string of the molecule is COC(=O)c1occc1-c1ccc(N[C@@H](C)c2ccc(F)cc2)cc1. The number of ether oxygens (including phenoxy) is 1. The highest BCUT2D eigenvalue weighted by atomic mass is 19.1. The van der Waals surface area contributed by atoms with Gasteiger partial charge in [-0.05, 0) is 48.4 Å². The molecule has 0 saturated heterocycles. The summed E-state index contributed by atoms with van der Waals surface area (Å²) in [4.78, 5) is 11.7. The molecule has 1 atom stereocenters. The number of esters is 1. The second kappa shape index (κ2) is 7.21. The zero-order valence-corrected chi connectivity index (χ0v) is 14.0. The van der Waals surface area contributed by atoms with E-state index >= 15 is 0 Å². The lowest BCUT2D eigenvalue weighted by Gasteiger charge is -2.16. The van der Waals surface area contributed by atoms with Gasteiger partial charge in [0.05, 0.1) is 13.4 Å². The number of carbonyl (C=O) groups is 1. The Morgan fingerprint density at radius 3 is 2.40 bits per heavy atom. The van der Waals surface area contributed by atoms with Crippen LogP contribution in [0.4, 0.5) is 10.1 Å². The number of benzene rings is 2. The number of furan rings is 1. The molecule has 3 rings (SSSR count). The van der Waals surface area contributed by atoms with Crippen LogP contribution in [0.1, 0.15) is 29.1 Å². The largest absolute Gasteiger partial charge is 0.463 e. The van der Waals surface area contributed by atoms with Gasteiger partial charge < -0.3 is 14.5 Å². The first-order chi connectivity index (χ1) is 12.1. The Bertz CT molecular complexity index is 853. The summed E-state index contributed by atoms with van der Waals surface area (Å²) in [5.41, 5.74) is 3.45. The smallest absolute Gasteiger partial charge is 0.374 e. The minimum atomic E-state index is -0.507. The van der Waals surface area contributed by atoms with Crippen molar-refractivity contribution in [1.82, 2.24) is 0 Å². The van der Waals surface area contributed by atoms with Crippen molar-refractivity contribution >= 4 is 11.7 Å². The molecule has 0 saturated carbocycles. The van der Waals surface area contributed by atoms with Crippen LogP contribution in [0.25, 0.3) is 11.1 Å². The number of hydrogen-bond donors (Lipinski definition) is 1. The van der Waals surface area contributed by atoms with Crippen molar-refractivity contribution in [3.8, 4) is 11.1 Å². The Hall–Kier alpha value is -3.08. The van der Waals surface area contributed by atoms with E-state index in [0.29, 0.717) is 5.56 Å². The molecule has 0 aliphatic carbocycles. The van der Waals surface area contributed by atoms with E-state index in [0.717, 1.165) is 16.8 Å². The lowest BCUT2D eigenvalue weighted by atomic mass is 10.0. The van der Waals surface area contributed by atoms with Crippen LogP contribution in [-0.2, 0) is 4.74 Å². The molecule has 1 N–H and O–H groups in total. The molecular weight excluding hydrogens is 321 g/mol. The minimum absolute atomic E-state index is 0.0333. The highest BCUT2D eigenvalue weighted by Crippen LogP contribution is 2.28. The normalized spacial score (nSPS) is 11.8. The van der Waals surface area contributed by atoms with Gasteiger partial charge >= 0.3 is 5.97 Å². The summed E-state index contributed by atoms with van der Waals surface area (Å²) in [6.07, 6.45) is 1.46. The predicted molar refractivity (Wildman–Crippen MR) is 93.9 cm³/mol. The molecule has 0 radical (unpaired) electrons. The molecule has 3 aromatic rings. The molecule has 0 aliphatic heterocycles. The molecule has 5 heteroatoms. The second-order valence-corrected chi connectivity index (χ2v) is 5.65. The number of hydrogen-bond acceptors (Lipinski definition) is 4. The molecule has 1 aromatic heterocycles. The number of methoxy groups -OCH3 is 1. The van der Waals surface area contributed by atoms with Crippen molar-refractivity contribution in [3.63, 3.8) is 0 Å². The quantitative estimate of drug-likeness (QED) is 0.661. The Kier molecular flexibility index (Phi) is 4.84. The molecule has 1 heterocycles. The maximum atomic E-state index is 13.0.